The van der Waals surface area contributed by atoms with Gasteiger partial charge in [-0.25, -0.2) is 0 Å². The molecule has 0 unspecified atom stereocenters. The Hall–Kier alpha value is -3.29. The summed E-state index contributed by atoms with van der Waals surface area (Å²) in [5.74, 6) is -0.0463. The number of anilines is 1. The van der Waals surface area contributed by atoms with Crippen LogP contribution in [0.25, 0.3) is 0 Å². The maximum absolute atomic E-state index is 12.4. The molecule has 0 aliphatic carbocycles. The summed E-state index contributed by atoms with van der Waals surface area (Å²) in [5, 5.41) is 0. The van der Waals surface area contributed by atoms with E-state index in [2.05, 4.69) is 4.58 Å². The first-order valence-corrected chi connectivity index (χ1v) is 12.2. The van der Waals surface area contributed by atoms with Gasteiger partial charge in [0.15, 0.2) is 5.71 Å². The van der Waals surface area contributed by atoms with Gasteiger partial charge in [0, 0.05) is 49.3 Å². The molecule has 1 N–H and O–H groups in total. The number of carbonyl (C=O) groups excluding carboxylic acids is 1. The molecular weight excluding hydrogens is 436 g/mol. The number of fused-ring (bicyclic) bond motifs is 1. The first-order valence-electron chi connectivity index (χ1n) is 10.8. The van der Waals surface area contributed by atoms with E-state index < -0.39 is 15.5 Å². The van der Waals surface area contributed by atoms with Crippen molar-refractivity contribution in [1.29, 1.82) is 0 Å². The molecule has 1 aliphatic rings. The van der Waals surface area contributed by atoms with Gasteiger partial charge in [-0.15, -0.1) is 0 Å². The van der Waals surface area contributed by atoms with Gasteiger partial charge in [0.2, 0.25) is 17.3 Å². The van der Waals surface area contributed by atoms with Gasteiger partial charge in [0.25, 0.3) is 10.1 Å². The summed E-state index contributed by atoms with van der Waals surface area (Å²) < 4.78 is 35.4. The number of hydrogen-bond donors (Lipinski definition) is 1. The molecule has 0 saturated carbocycles. The molecule has 3 aromatic carbocycles. The zero-order valence-electron chi connectivity index (χ0n) is 18.9. The van der Waals surface area contributed by atoms with Crippen molar-refractivity contribution < 1.29 is 17.8 Å². The molecule has 0 saturated heterocycles. The van der Waals surface area contributed by atoms with Crippen LogP contribution in [0.3, 0.4) is 0 Å². The molecular formula is C26H27N2O4S+. The van der Waals surface area contributed by atoms with Crippen molar-refractivity contribution >= 4 is 38.8 Å². The van der Waals surface area contributed by atoms with Crippen LogP contribution in [0.1, 0.15) is 32.8 Å². The van der Waals surface area contributed by atoms with Crippen molar-refractivity contribution in [2.24, 2.45) is 0 Å². The fourth-order valence-corrected chi connectivity index (χ4v) is 5.05. The van der Waals surface area contributed by atoms with Crippen molar-refractivity contribution in [2.75, 3.05) is 11.4 Å². The Bertz CT molecular complexity index is 1330. The topological polar surface area (TPSA) is 77.7 Å². The SMILES string of the molecule is CC(=O)N(CCC1=[N+](c2ccccc2)c2ccc(S(=O)(=O)O)cc2C1(C)C)c1ccccc1. The minimum Gasteiger partial charge on any atom is -0.312 e. The fourth-order valence-electron chi connectivity index (χ4n) is 4.54. The highest BCUT2D eigenvalue weighted by Crippen LogP contribution is 2.43. The van der Waals surface area contributed by atoms with Crippen LogP contribution in [-0.4, -0.2) is 31.1 Å². The summed E-state index contributed by atoms with van der Waals surface area (Å²) in [6.45, 7) is 6.11. The van der Waals surface area contributed by atoms with Crippen molar-refractivity contribution in [3.63, 3.8) is 0 Å². The first-order chi connectivity index (χ1) is 15.6. The summed E-state index contributed by atoms with van der Waals surface area (Å²) in [6.07, 6.45) is 0.576. The molecule has 0 radical (unpaired) electrons. The second-order valence-corrected chi connectivity index (χ2v) is 10.1. The smallest absolute Gasteiger partial charge is 0.294 e. The third-order valence-electron chi connectivity index (χ3n) is 6.21. The molecule has 1 heterocycles. The third-order valence-corrected chi connectivity index (χ3v) is 7.06. The Morgan fingerprint density at radius 1 is 0.970 bits per heavy atom. The molecule has 3 aromatic rings. The lowest BCUT2D eigenvalue weighted by Crippen LogP contribution is -2.36. The van der Waals surface area contributed by atoms with Crippen LogP contribution in [0, 0.1) is 0 Å². The van der Waals surface area contributed by atoms with E-state index in [4.69, 9.17) is 0 Å². The Labute approximate surface area is 194 Å². The predicted molar refractivity (Wildman–Crippen MR) is 131 cm³/mol. The standard InChI is InChI=1S/C26H26N2O4S/c1-19(29)27(20-10-6-4-7-11-20)17-16-25-26(2,3)23-18-22(33(30,31)32)14-15-24(23)28(25)21-12-8-5-9-13-21/h4-15,18H,16-17H2,1-3H3/p+1. The van der Waals surface area contributed by atoms with Crippen LogP contribution < -0.4 is 9.48 Å². The predicted octanol–water partition coefficient (Wildman–Crippen LogP) is 4.94. The average molecular weight is 464 g/mol. The van der Waals surface area contributed by atoms with E-state index in [1.807, 2.05) is 74.5 Å². The van der Waals surface area contributed by atoms with Crippen molar-refractivity contribution in [2.45, 2.75) is 37.5 Å². The largest absolute Gasteiger partial charge is 0.312 e. The molecule has 7 heteroatoms. The highest BCUT2D eigenvalue weighted by molar-refractivity contribution is 7.85. The molecule has 1 amide bonds. The highest BCUT2D eigenvalue weighted by Gasteiger charge is 2.46. The number of rotatable bonds is 6. The summed E-state index contributed by atoms with van der Waals surface area (Å²) >= 11 is 0. The minimum atomic E-state index is -4.33. The van der Waals surface area contributed by atoms with Crippen LogP contribution in [0.2, 0.25) is 0 Å². The molecule has 0 spiro atoms. The van der Waals surface area contributed by atoms with E-state index in [0.717, 1.165) is 28.3 Å². The van der Waals surface area contributed by atoms with Gasteiger partial charge in [-0.2, -0.15) is 13.0 Å². The molecule has 0 fully saturated rings. The van der Waals surface area contributed by atoms with E-state index in [1.54, 1.807) is 24.0 Å². The number of benzene rings is 3. The molecule has 4 rings (SSSR count). The van der Waals surface area contributed by atoms with Crippen LogP contribution in [0.5, 0.6) is 0 Å². The van der Waals surface area contributed by atoms with Gasteiger partial charge >= 0.3 is 0 Å². The lowest BCUT2D eigenvalue weighted by molar-refractivity contribution is -0.116. The zero-order valence-corrected chi connectivity index (χ0v) is 19.7. The highest BCUT2D eigenvalue weighted by atomic mass is 32.2. The first kappa shape index (κ1) is 22.9. The summed E-state index contributed by atoms with van der Waals surface area (Å²) in [7, 11) is -4.33. The van der Waals surface area contributed by atoms with Gasteiger partial charge in [-0.1, -0.05) is 36.4 Å². The maximum Gasteiger partial charge on any atom is 0.294 e. The van der Waals surface area contributed by atoms with E-state index in [1.165, 1.54) is 6.07 Å². The Balaban J connectivity index is 1.82. The molecule has 170 valence electrons. The quantitative estimate of drug-likeness (QED) is 0.415. The van der Waals surface area contributed by atoms with Crippen LogP contribution >= 0.6 is 0 Å². The summed E-state index contributed by atoms with van der Waals surface area (Å²) in [4.78, 5) is 14.1. The zero-order chi connectivity index (χ0) is 23.8. The van der Waals surface area contributed by atoms with E-state index in [9.17, 15) is 17.8 Å². The lowest BCUT2D eigenvalue weighted by atomic mass is 9.80. The number of carbonyl (C=O) groups is 1. The van der Waals surface area contributed by atoms with Gasteiger partial charge in [-0.05, 0) is 38.1 Å². The maximum atomic E-state index is 12.4. The Morgan fingerprint density at radius 3 is 2.15 bits per heavy atom. The lowest BCUT2D eigenvalue weighted by Gasteiger charge is -2.23. The Morgan fingerprint density at radius 2 is 1.58 bits per heavy atom. The number of amides is 1. The Kier molecular flexibility index (Phi) is 5.95. The summed E-state index contributed by atoms with van der Waals surface area (Å²) in [6, 6.07) is 24.1. The van der Waals surface area contributed by atoms with Gasteiger partial charge in [0.05, 0.1) is 10.3 Å². The van der Waals surface area contributed by atoms with Crippen molar-refractivity contribution in [3.8, 4) is 0 Å². The van der Waals surface area contributed by atoms with Crippen LogP contribution in [-0.2, 0) is 20.3 Å². The van der Waals surface area contributed by atoms with Gasteiger partial charge < -0.3 is 4.90 Å². The second kappa shape index (κ2) is 8.57. The average Bonchev–Trinajstić information content (AvgIpc) is 3.00. The minimum absolute atomic E-state index is 0.0463. The summed E-state index contributed by atoms with van der Waals surface area (Å²) in [5.41, 5.74) is 3.98. The monoisotopic (exact) mass is 463 g/mol. The van der Waals surface area contributed by atoms with Crippen molar-refractivity contribution in [1.82, 2.24) is 4.58 Å². The van der Waals surface area contributed by atoms with Gasteiger partial charge in [-0.3, -0.25) is 9.35 Å². The van der Waals surface area contributed by atoms with E-state index in [-0.39, 0.29) is 10.8 Å². The molecule has 6 nitrogen and oxygen atoms in total. The van der Waals surface area contributed by atoms with Crippen LogP contribution in [0.4, 0.5) is 17.1 Å². The molecule has 33 heavy (non-hydrogen) atoms. The second-order valence-electron chi connectivity index (χ2n) is 8.65. The number of hydrogen-bond acceptors (Lipinski definition) is 3. The molecule has 0 bridgehead atoms. The van der Waals surface area contributed by atoms with Crippen molar-refractivity contribution in [3.05, 3.63) is 84.4 Å². The number of para-hydroxylation sites is 2. The fraction of sp³-hybridized carbons (Fsp3) is 0.231. The number of nitrogens with zero attached hydrogens (tertiary/aromatic N) is 2. The molecule has 0 aromatic heterocycles. The normalized spacial score (nSPS) is 14.8. The van der Waals surface area contributed by atoms with E-state index in [0.29, 0.717) is 13.0 Å². The third kappa shape index (κ3) is 4.34. The molecule has 0 atom stereocenters. The van der Waals surface area contributed by atoms with Crippen LogP contribution in [0.15, 0.2) is 83.8 Å². The van der Waals surface area contributed by atoms with E-state index >= 15 is 0 Å². The molecule has 1 aliphatic heterocycles. The van der Waals surface area contributed by atoms with Gasteiger partial charge in [0.1, 0.15) is 0 Å².